The number of nitrogens with zero attached hydrogens (tertiary/aromatic N) is 2. The quantitative estimate of drug-likeness (QED) is 0.630. The Labute approximate surface area is 165 Å². The maximum absolute atomic E-state index is 12.9. The van der Waals surface area contributed by atoms with Crippen LogP contribution in [0, 0.1) is 0 Å². The summed E-state index contributed by atoms with van der Waals surface area (Å²) in [5, 5.41) is 0. The molecule has 3 aromatic carbocycles. The summed E-state index contributed by atoms with van der Waals surface area (Å²) < 4.78 is 26.9. The molecule has 1 amide bonds. The summed E-state index contributed by atoms with van der Waals surface area (Å²) in [6.07, 6.45) is 0. The van der Waals surface area contributed by atoms with Gasteiger partial charge in [0.25, 0.3) is 15.9 Å². The van der Waals surface area contributed by atoms with Gasteiger partial charge >= 0.3 is 0 Å². The number of sulfonamides is 1. The molecular formula is C22H22N2O3S. The number of para-hydroxylation sites is 2. The van der Waals surface area contributed by atoms with Gasteiger partial charge in [-0.3, -0.25) is 9.10 Å². The topological polar surface area (TPSA) is 57.7 Å². The highest BCUT2D eigenvalue weighted by Gasteiger charge is 2.22. The van der Waals surface area contributed by atoms with Gasteiger partial charge in [-0.15, -0.1) is 0 Å². The van der Waals surface area contributed by atoms with Gasteiger partial charge in [0.2, 0.25) is 0 Å². The summed E-state index contributed by atoms with van der Waals surface area (Å²) in [7, 11) is -2.19. The molecule has 3 rings (SSSR count). The van der Waals surface area contributed by atoms with Crippen LogP contribution in [0.15, 0.2) is 89.8 Å². The summed E-state index contributed by atoms with van der Waals surface area (Å²) in [5.41, 5.74) is 1.81. The van der Waals surface area contributed by atoms with Crippen molar-refractivity contribution in [2.45, 2.75) is 11.8 Å². The van der Waals surface area contributed by atoms with Gasteiger partial charge in [0.05, 0.1) is 10.6 Å². The highest BCUT2D eigenvalue weighted by Crippen LogP contribution is 2.23. The first kappa shape index (κ1) is 19.6. The van der Waals surface area contributed by atoms with Gasteiger partial charge < -0.3 is 4.90 Å². The zero-order valence-electron chi connectivity index (χ0n) is 15.8. The zero-order valence-corrected chi connectivity index (χ0v) is 16.6. The molecule has 0 spiro atoms. The van der Waals surface area contributed by atoms with E-state index in [9.17, 15) is 13.2 Å². The van der Waals surface area contributed by atoms with Crippen molar-refractivity contribution in [2.75, 3.05) is 22.8 Å². The fourth-order valence-corrected chi connectivity index (χ4v) is 4.11. The third kappa shape index (κ3) is 3.92. The van der Waals surface area contributed by atoms with Crippen molar-refractivity contribution in [1.82, 2.24) is 0 Å². The van der Waals surface area contributed by atoms with E-state index in [1.807, 2.05) is 43.3 Å². The number of anilines is 2. The van der Waals surface area contributed by atoms with Crippen LogP contribution < -0.4 is 9.21 Å². The molecule has 0 N–H and O–H groups in total. The van der Waals surface area contributed by atoms with E-state index in [0.29, 0.717) is 17.8 Å². The average Bonchev–Trinajstić information content (AvgIpc) is 2.75. The van der Waals surface area contributed by atoms with Crippen LogP contribution in [-0.2, 0) is 10.0 Å². The Kier molecular flexibility index (Phi) is 5.80. The number of hydrogen-bond acceptors (Lipinski definition) is 3. The summed E-state index contributed by atoms with van der Waals surface area (Å²) >= 11 is 0. The smallest absolute Gasteiger partial charge is 0.264 e. The van der Waals surface area contributed by atoms with E-state index < -0.39 is 10.0 Å². The van der Waals surface area contributed by atoms with E-state index >= 15 is 0 Å². The molecule has 144 valence electrons. The lowest BCUT2D eigenvalue weighted by atomic mass is 10.2. The number of amides is 1. The minimum atomic E-state index is -3.70. The predicted octanol–water partition coefficient (Wildman–Crippen LogP) is 4.18. The molecule has 0 saturated carbocycles. The lowest BCUT2D eigenvalue weighted by Gasteiger charge is -2.22. The molecule has 0 atom stereocenters. The van der Waals surface area contributed by atoms with Gasteiger partial charge in [-0.1, -0.05) is 36.4 Å². The molecule has 0 aliphatic heterocycles. The molecule has 3 aromatic rings. The van der Waals surface area contributed by atoms with Crippen molar-refractivity contribution in [3.8, 4) is 0 Å². The first-order valence-corrected chi connectivity index (χ1v) is 10.4. The normalized spacial score (nSPS) is 11.1. The SMILES string of the molecule is CCN(C(=O)c1ccc(S(=O)(=O)N(C)c2ccccc2)cc1)c1ccccc1. The van der Waals surface area contributed by atoms with Gasteiger partial charge in [0.15, 0.2) is 0 Å². The van der Waals surface area contributed by atoms with E-state index in [2.05, 4.69) is 0 Å². The first-order chi connectivity index (χ1) is 13.4. The molecule has 6 heteroatoms. The highest BCUT2D eigenvalue weighted by atomic mass is 32.2. The Morgan fingerprint density at radius 2 is 1.29 bits per heavy atom. The van der Waals surface area contributed by atoms with E-state index in [0.717, 1.165) is 5.69 Å². The molecule has 0 fully saturated rings. The van der Waals surface area contributed by atoms with Gasteiger partial charge in [0.1, 0.15) is 0 Å². The van der Waals surface area contributed by atoms with Crippen LogP contribution in [0.3, 0.4) is 0 Å². The van der Waals surface area contributed by atoms with E-state index in [1.54, 1.807) is 41.3 Å². The largest absolute Gasteiger partial charge is 0.309 e. The number of benzene rings is 3. The van der Waals surface area contributed by atoms with Crippen molar-refractivity contribution < 1.29 is 13.2 Å². The van der Waals surface area contributed by atoms with Gasteiger partial charge in [-0.05, 0) is 55.5 Å². The summed E-state index contributed by atoms with van der Waals surface area (Å²) in [6.45, 7) is 2.41. The van der Waals surface area contributed by atoms with Crippen LogP contribution in [0.4, 0.5) is 11.4 Å². The first-order valence-electron chi connectivity index (χ1n) is 8.96. The van der Waals surface area contributed by atoms with Crippen LogP contribution >= 0.6 is 0 Å². The molecule has 5 nitrogen and oxygen atoms in total. The Morgan fingerprint density at radius 1 is 0.786 bits per heavy atom. The summed E-state index contributed by atoms with van der Waals surface area (Å²) in [4.78, 5) is 14.6. The number of carbonyl (C=O) groups is 1. The predicted molar refractivity (Wildman–Crippen MR) is 112 cm³/mol. The molecule has 28 heavy (non-hydrogen) atoms. The molecule has 0 bridgehead atoms. The molecule has 0 heterocycles. The number of rotatable bonds is 6. The van der Waals surface area contributed by atoms with Crippen molar-refractivity contribution in [1.29, 1.82) is 0 Å². The average molecular weight is 394 g/mol. The number of carbonyl (C=O) groups excluding carboxylic acids is 1. The third-order valence-electron chi connectivity index (χ3n) is 4.51. The second-order valence-electron chi connectivity index (χ2n) is 6.22. The standard InChI is InChI=1S/C22H22N2O3S/c1-3-24(20-12-8-5-9-13-20)22(25)18-14-16-21(17-15-18)28(26,27)23(2)19-10-6-4-7-11-19/h4-17H,3H2,1-2H3. The monoisotopic (exact) mass is 394 g/mol. The van der Waals surface area contributed by atoms with Crippen molar-refractivity contribution in [3.63, 3.8) is 0 Å². The van der Waals surface area contributed by atoms with Crippen LogP contribution in [0.1, 0.15) is 17.3 Å². The second kappa shape index (κ2) is 8.27. The van der Waals surface area contributed by atoms with Crippen molar-refractivity contribution in [3.05, 3.63) is 90.5 Å². The van der Waals surface area contributed by atoms with Crippen LogP contribution in [0.25, 0.3) is 0 Å². The Hall–Kier alpha value is -3.12. The van der Waals surface area contributed by atoms with Crippen molar-refractivity contribution >= 4 is 27.3 Å². The third-order valence-corrected chi connectivity index (χ3v) is 6.31. The zero-order chi connectivity index (χ0) is 20.1. The van der Waals surface area contributed by atoms with Crippen LogP contribution in [-0.4, -0.2) is 27.9 Å². The Morgan fingerprint density at radius 3 is 1.79 bits per heavy atom. The van der Waals surface area contributed by atoms with Gasteiger partial charge in [-0.25, -0.2) is 8.42 Å². The molecular weight excluding hydrogens is 372 g/mol. The molecule has 0 aromatic heterocycles. The van der Waals surface area contributed by atoms with Gasteiger partial charge in [-0.2, -0.15) is 0 Å². The summed E-state index contributed by atoms with van der Waals surface area (Å²) in [6, 6.07) is 24.3. The Bertz CT molecular complexity index is 1030. The fraction of sp³-hybridized carbons (Fsp3) is 0.136. The maximum atomic E-state index is 12.9. The number of hydrogen-bond donors (Lipinski definition) is 0. The molecule has 0 aliphatic carbocycles. The highest BCUT2D eigenvalue weighted by molar-refractivity contribution is 7.92. The van der Waals surface area contributed by atoms with E-state index in [-0.39, 0.29) is 10.8 Å². The Balaban J connectivity index is 1.86. The second-order valence-corrected chi connectivity index (χ2v) is 8.19. The van der Waals surface area contributed by atoms with Crippen LogP contribution in [0.2, 0.25) is 0 Å². The van der Waals surface area contributed by atoms with E-state index in [1.165, 1.54) is 23.5 Å². The molecule has 0 aliphatic rings. The molecule has 0 radical (unpaired) electrons. The molecule has 0 unspecified atom stereocenters. The van der Waals surface area contributed by atoms with Crippen molar-refractivity contribution in [2.24, 2.45) is 0 Å². The lowest BCUT2D eigenvalue weighted by Crippen LogP contribution is -2.30. The summed E-state index contributed by atoms with van der Waals surface area (Å²) in [5.74, 6) is -0.172. The maximum Gasteiger partial charge on any atom is 0.264 e. The van der Waals surface area contributed by atoms with E-state index in [4.69, 9.17) is 0 Å². The van der Waals surface area contributed by atoms with Crippen LogP contribution in [0.5, 0.6) is 0 Å². The minimum Gasteiger partial charge on any atom is -0.309 e. The molecule has 0 saturated heterocycles. The van der Waals surface area contributed by atoms with Gasteiger partial charge in [0, 0.05) is 24.8 Å². The lowest BCUT2D eigenvalue weighted by molar-refractivity contribution is 0.0988. The fourth-order valence-electron chi connectivity index (χ4n) is 2.91. The minimum absolute atomic E-state index is 0.137.